The maximum Gasteiger partial charge on any atom is 0.0291 e. The molecule has 1 rings (SSSR count). The smallest absolute Gasteiger partial charge is 0.0291 e. The summed E-state index contributed by atoms with van der Waals surface area (Å²) in [5, 5.41) is 3.58. The van der Waals surface area contributed by atoms with E-state index in [1.54, 1.807) is 0 Å². The van der Waals surface area contributed by atoms with Crippen molar-refractivity contribution in [1.82, 2.24) is 5.32 Å². The Labute approximate surface area is 100 Å². The molecule has 1 aromatic carbocycles. The molecule has 0 fully saturated rings. The van der Waals surface area contributed by atoms with Crippen molar-refractivity contribution >= 4 is 0 Å². The van der Waals surface area contributed by atoms with Gasteiger partial charge in [0, 0.05) is 6.04 Å². The molecule has 0 unspecified atom stereocenters. The van der Waals surface area contributed by atoms with Gasteiger partial charge in [-0.05, 0) is 44.7 Å². The Hall–Kier alpha value is -0.820. The van der Waals surface area contributed by atoms with Gasteiger partial charge < -0.3 is 5.32 Å². The minimum atomic E-state index is 0.465. The summed E-state index contributed by atoms with van der Waals surface area (Å²) >= 11 is 0. The van der Waals surface area contributed by atoms with E-state index in [2.05, 4.69) is 57.3 Å². The average Bonchev–Trinajstić information content (AvgIpc) is 2.24. The van der Waals surface area contributed by atoms with Crippen LogP contribution in [0.15, 0.2) is 24.3 Å². The summed E-state index contributed by atoms with van der Waals surface area (Å²) in [4.78, 5) is 0. The predicted molar refractivity (Wildman–Crippen MR) is 71.7 cm³/mol. The molecule has 1 heteroatoms. The third kappa shape index (κ3) is 4.80. The van der Waals surface area contributed by atoms with Crippen molar-refractivity contribution in [2.24, 2.45) is 5.92 Å². The predicted octanol–water partition coefficient (Wildman–Crippen LogP) is 4.08. The molecular formula is C15H25N. The Morgan fingerprint density at radius 1 is 1.19 bits per heavy atom. The zero-order valence-electron chi connectivity index (χ0n) is 11.1. The Bertz CT molecular complexity index is 304. The summed E-state index contributed by atoms with van der Waals surface area (Å²) in [6.45, 7) is 10.1. The first-order valence-corrected chi connectivity index (χ1v) is 6.39. The van der Waals surface area contributed by atoms with Gasteiger partial charge >= 0.3 is 0 Å². The van der Waals surface area contributed by atoms with E-state index >= 15 is 0 Å². The molecule has 0 spiro atoms. The molecule has 0 saturated carbocycles. The highest BCUT2D eigenvalue weighted by Gasteiger charge is 2.04. The van der Waals surface area contributed by atoms with Gasteiger partial charge in [0.1, 0.15) is 0 Å². The summed E-state index contributed by atoms with van der Waals surface area (Å²) < 4.78 is 0. The largest absolute Gasteiger partial charge is 0.310 e. The minimum absolute atomic E-state index is 0.465. The summed E-state index contributed by atoms with van der Waals surface area (Å²) in [6, 6.07) is 9.21. The topological polar surface area (TPSA) is 12.0 Å². The molecule has 0 aromatic heterocycles. The maximum atomic E-state index is 3.58. The summed E-state index contributed by atoms with van der Waals surface area (Å²) in [7, 11) is 0. The van der Waals surface area contributed by atoms with Crippen LogP contribution in [0.1, 0.15) is 50.8 Å². The van der Waals surface area contributed by atoms with E-state index in [0.717, 1.165) is 12.5 Å². The van der Waals surface area contributed by atoms with E-state index in [0.29, 0.717) is 6.04 Å². The van der Waals surface area contributed by atoms with Crippen LogP contribution in [0.25, 0.3) is 0 Å². The zero-order chi connectivity index (χ0) is 12.0. The van der Waals surface area contributed by atoms with Crippen molar-refractivity contribution in [3.05, 3.63) is 35.4 Å². The second-order valence-electron chi connectivity index (χ2n) is 5.13. The van der Waals surface area contributed by atoms with Gasteiger partial charge in [-0.25, -0.2) is 0 Å². The van der Waals surface area contributed by atoms with Crippen molar-refractivity contribution in [3.8, 4) is 0 Å². The molecule has 1 atom stereocenters. The van der Waals surface area contributed by atoms with Crippen molar-refractivity contribution in [2.45, 2.75) is 46.6 Å². The summed E-state index contributed by atoms with van der Waals surface area (Å²) in [6.07, 6.45) is 2.58. The average molecular weight is 219 g/mol. The first-order chi connectivity index (χ1) is 7.59. The van der Waals surface area contributed by atoms with Crippen molar-refractivity contribution < 1.29 is 0 Å². The van der Waals surface area contributed by atoms with E-state index in [1.165, 1.54) is 24.0 Å². The van der Waals surface area contributed by atoms with E-state index in [1.807, 2.05) is 0 Å². The lowest BCUT2D eigenvalue weighted by Crippen LogP contribution is -2.20. The monoisotopic (exact) mass is 219 g/mol. The third-order valence-electron chi connectivity index (χ3n) is 2.95. The first-order valence-electron chi connectivity index (χ1n) is 6.39. The fraction of sp³-hybridized carbons (Fsp3) is 0.600. The number of benzene rings is 1. The van der Waals surface area contributed by atoms with Crippen molar-refractivity contribution in [2.75, 3.05) is 6.54 Å². The van der Waals surface area contributed by atoms with Crippen LogP contribution in [0.4, 0.5) is 0 Å². The Morgan fingerprint density at radius 3 is 2.56 bits per heavy atom. The van der Waals surface area contributed by atoms with E-state index in [9.17, 15) is 0 Å². The van der Waals surface area contributed by atoms with Crippen LogP contribution in [0, 0.1) is 12.8 Å². The van der Waals surface area contributed by atoms with E-state index < -0.39 is 0 Å². The fourth-order valence-corrected chi connectivity index (χ4v) is 1.89. The molecule has 0 bridgehead atoms. The second kappa shape index (κ2) is 6.70. The molecule has 0 aliphatic carbocycles. The lowest BCUT2D eigenvalue weighted by atomic mass is 10.0. The maximum absolute atomic E-state index is 3.58. The molecule has 0 aliphatic rings. The number of nitrogens with one attached hydrogen (secondary N) is 1. The molecule has 1 nitrogen and oxygen atoms in total. The number of hydrogen-bond acceptors (Lipinski definition) is 1. The van der Waals surface area contributed by atoms with E-state index in [4.69, 9.17) is 0 Å². The Morgan fingerprint density at radius 2 is 1.94 bits per heavy atom. The van der Waals surface area contributed by atoms with Crippen LogP contribution >= 0.6 is 0 Å². The van der Waals surface area contributed by atoms with Gasteiger partial charge in [0.15, 0.2) is 0 Å². The Kier molecular flexibility index (Phi) is 5.54. The number of rotatable bonds is 6. The second-order valence-corrected chi connectivity index (χ2v) is 5.13. The van der Waals surface area contributed by atoms with Gasteiger partial charge in [0.05, 0.1) is 0 Å². The fourth-order valence-electron chi connectivity index (χ4n) is 1.89. The molecule has 1 aromatic rings. The van der Waals surface area contributed by atoms with Crippen LogP contribution < -0.4 is 5.32 Å². The van der Waals surface area contributed by atoms with Crippen LogP contribution in [-0.4, -0.2) is 6.54 Å². The van der Waals surface area contributed by atoms with Crippen molar-refractivity contribution in [3.63, 3.8) is 0 Å². The lowest BCUT2D eigenvalue weighted by molar-refractivity contribution is 0.497. The minimum Gasteiger partial charge on any atom is -0.310 e. The molecule has 90 valence electrons. The SMILES string of the molecule is Cc1cccc([C@H](C)NCCCC(C)C)c1. The molecule has 0 radical (unpaired) electrons. The molecule has 1 N–H and O–H groups in total. The van der Waals surface area contributed by atoms with Gasteiger partial charge in [-0.2, -0.15) is 0 Å². The first kappa shape index (κ1) is 13.2. The lowest BCUT2D eigenvalue weighted by Gasteiger charge is -2.15. The third-order valence-corrected chi connectivity index (χ3v) is 2.95. The van der Waals surface area contributed by atoms with Gasteiger partial charge in [0.2, 0.25) is 0 Å². The molecule has 0 aliphatic heterocycles. The van der Waals surface area contributed by atoms with Gasteiger partial charge in [-0.15, -0.1) is 0 Å². The molecule has 0 amide bonds. The van der Waals surface area contributed by atoms with Crippen LogP contribution in [-0.2, 0) is 0 Å². The number of hydrogen-bond donors (Lipinski definition) is 1. The summed E-state index contributed by atoms with van der Waals surface area (Å²) in [5.41, 5.74) is 2.73. The molecule has 0 saturated heterocycles. The highest BCUT2D eigenvalue weighted by molar-refractivity contribution is 5.24. The number of aryl methyl sites for hydroxylation is 1. The van der Waals surface area contributed by atoms with Crippen LogP contribution in [0.3, 0.4) is 0 Å². The molecule has 16 heavy (non-hydrogen) atoms. The highest BCUT2D eigenvalue weighted by atomic mass is 14.9. The van der Waals surface area contributed by atoms with Gasteiger partial charge in [-0.1, -0.05) is 43.7 Å². The molecule has 0 heterocycles. The zero-order valence-corrected chi connectivity index (χ0v) is 11.1. The highest BCUT2D eigenvalue weighted by Crippen LogP contribution is 2.13. The molecular weight excluding hydrogens is 194 g/mol. The quantitative estimate of drug-likeness (QED) is 0.711. The summed E-state index contributed by atoms with van der Waals surface area (Å²) in [5.74, 6) is 0.816. The van der Waals surface area contributed by atoms with Gasteiger partial charge in [0.25, 0.3) is 0 Å². The van der Waals surface area contributed by atoms with E-state index in [-0.39, 0.29) is 0 Å². The van der Waals surface area contributed by atoms with Crippen molar-refractivity contribution in [1.29, 1.82) is 0 Å². The van der Waals surface area contributed by atoms with Crippen LogP contribution in [0.5, 0.6) is 0 Å². The van der Waals surface area contributed by atoms with Crippen LogP contribution in [0.2, 0.25) is 0 Å². The Balaban J connectivity index is 2.32. The standard InChI is InChI=1S/C15H25N/c1-12(2)7-6-10-16-14(4)15-9-5-8-13(3)11-15/h5,8-9,11-12,14,16H,6-7,10H2,1-4H3/t14-/m0/s1. The van der Waals surface area contributed by atoms with Gasteiger partial charge in [-0.3, -0.25) is 0 Å². The normalized spacial score (nSPS) is 13.1.